The fraction of sp³-hybridized carbons (Fsp3) is 0.500. The number of rotatable bonds is 4. The minimum atomic E-state index is -0.0186. The number of fused-ring (bicyclic) bond motifs is 1. The van der Waals surface area contributed by atoms with Crippen LogP contribution in [0, 0.1) is 12.8 Å². The molecule has 2 atom stereocenters. The molecule has 4 rings (SSSR count). The molecule has 138 valence electrons. The number of H-pyrrole nitrogens is 1. The van der Waals surface area contributed by atoms with Crippen molar-refractivity contribution in [3.63, 3.8) is 0 Å². The van der Waals surface area contributed by atoms with Crippen molar-refractivity contribution in [2.75, 3.05) is 23.7 Å². The molecule has 26 heavy (non-hydrogen) atoms. The summed E-state index contributed by atoms with van der Waals surface area (Å²) in [5.74, 6) is 2.07. The van der Waals surface area contributed by atoms with Gasteiger partial charge in [-0.3, -0.25) is 4.79 Å². The van der Waals surface area contributed by atoms with Crippen LogP contribution in [0.4, 0.5) is 5.82 Å². The number of nitrogens with zero attached hydrogens (tertiary/aromatic N) is 3. The molecule has 1 aliphatic carbocycles. The van der Waals surface area contributed by atoms with Gasteiger partial charge >= 0.3 is 0 Å². The Balaban J connectivity index is 1.51. The van der Waals surface area contributed by atoms with Crippen LogP contribution in [-0.4, -0.2) is 45.7 Å². The normalized spacial score (nSPS) is 23.3. The van der Waals surface area contributed by atoms with Crippen LogP contribution in [0.3, 0.4) is 0 Å². The van der Waals surface area contributed by atoms with E-state index in [2.05, 4.69) is 25.2 Å². The molecule has 0 spiro atoms. The largest absolute Gasteiger partial charge is 0.351 e. The van der Waals surface area contributed by atoms with Crippen molar-refractivity contribution in [3.8, 4) is 0 Å². The second-order valence-corrected chi connectivity index (χ2v) is 8.13. The van der Waals surface area contributed by atoms with Crippen molar-refractivity contribution < 1.29 is 4.79 Å². The topological polar surface area (TPSA) is 99.9 Å². The van der Waals surface area contributed by atoms with Crippen LogP contribution in [0.1, 0.15) is 24.8 Å². The van der Waals surface area contributed by atoms with E-state index in [1.54, 1.807) is 18.1 Å². The maximum absolute atomic E-state index is 12.6. The van der Waals surface area contributed by atoms with Crippen molar-refractivity contribution in [1.29, 1.82) is 0 Å². The third-order valence-corrected chi connectivity index (χ3v) is 6.24. The predicted molar refractivity (Wildman–Crippen MR) is 105 cm³/mol. The number of aryl methyl sites for hydroxylation is 1. The number of aromatic amines is 1. The number of nitrogens with one attached hydrogen (secondary N) is 2. The first-order chi connectivity index (χ1) is 12.6. The Morgan fingerprint density at radius 1 is 1.46 bits per heavy atom. The van der Waals surface area contributed by atoms with Crippen molar-refractivity contribution in [3.05, 3.63) is 29.2 Å². The first-order valence-electron chi connectivity index (χ1n) is 9.07. The molecule has 0 radical (unpaired) electrons. The Morgan fingerprint density at radius 2 is 2.35 bits per heavy atom. The Bertz CT molecular complexity index is 847. The van der Waals surface area contributed by atoms with Crippen LogP contribution < -0.4 is 16.0 Å². The van der Waals surface area contributed by atoms with Gasteiger partial charge in [-0.05, 0) is 31.2 Å². The minimum Gasteiger partial charge on any atom is -0.351 e. The minimum absolute atomic E-state index is 0.0186. The molecule has 0 bridgehead atoms. The second kappa shape index (κ2) is 7.28. The molecule has 0 aromatic carbocycles. The van der Waals surface area contributed by atoms with E-state index in [0.29, 0.717) is 12.5 Å². The molecular weight excluding hydrogens is 348 g/mol. The molecule has 0 saturated heterocycles. The highest BCUT2D eigenvalue weighted by Crippen LogP contribution is 2.31. The lowest BCUT2D eigenvalue weighted by atomic mass is 10.1. The van der Waals surface area contributed by atoms with Gasteiger partial charge < -0.3 is 20.9 Å². The van der Waals surface area contributed by atoms with E-state index in [-0.39, 0.29) is 11.9 Å². The summed E-state index contributed by atoms with van der Waals surface area (Å²) in [4.78, 5) is 27.3. The molecule has 0 unspecified atom stereocenters. The fourth-order valence-corrected chi connectivity index (χ4v) is 4.65. The number of anilines is 1. The number of aromatic nitrogens is 3. The average molecular weight is 372 g/mol. The first kappa shape index (κ1) is 17.4. The lowest BCUT2D eigenvalue weighted by Gasteiger charge is -2.26. The summed E-state index contributed by atoms with van der Waals surface area (Å²) in [5, 5.41) is 4.07. The van der Waals surface area contributed by atoms with Crippen molar-refractivity contribution in [2.24, 2.45) is 11.7 Å². The number of hydrogen-bond acceptors (Lipinski definition) is 6. The molecule has 2 aliphatic rings. The molecular formula is C18H24N6OS. The van der Waals surface area contributed by atoms with Gasteiger partial charge in [0.05, 0.1) is 10.3 Å². The third kappa shape index (κ3) is 3.31. The van der Waals surface area contributed by atoms with Crippen LogP contribution >= 0.6 is 11.8 Å². The van der Waals surface area contributed by atoms with Crippen molar-refractivity contribution >= 4 is 34.5 Å². The molecule has 1 saturated carbocycles. The summed E-state index contributed by atoms with van der Waals surface area (Å²) in [6.07, 6.45) is 8.73. The van der Waals surface area contributed by atoms with E-state index in [4.69, 9.17) is 5.73 Å². The number of carbonyl (C=O) groups excluding carboxylic acids is 1. The molecule has 1 fully saturated rings. The van der Waals surface area contributed by atoms with Gasteiger partial charge in [0.25, 0.3) is 5.91 Å². The fourth-order valence-electron chi connectivity index (χ4n) is 3.73. The lowest BCUT2D eigenvalue weighted by molar-refractivity contribution is -0.117. The van der Waals surface area contributed by atoms with Gasteiger partial charge in [-0.2, -0.15) is 0 Å². The van der Waals surface area contributed by atoms with Crippen LogP contribution in [0.15, 0.2) is 23.6 Å². The standard InChI is InChI=1S/C18H24N6OS/c1-11-7-20-16-15(11)17(23-10-22-16)24-5-6-26-14(9-24)18(25)21-8-12-3-2-4-13(12)19/h7,9-10,12-13H,2-6,8,19H2,1H3,(H,21,25)(H,20,22,23)/t12-,13-/m0/s1. The SMILES string of the molecule is Cc1c[nH]c2ncnc(N3C=C(C(=O)NC[C@@H]4CCC[C@@H]4N)SCC3)c12. The summed E-state index contributed by atoms with van der Waals surface area (Å²) in [6, 6.07) is 0.214. The summed E-state index contributed by atoms with van der Waals surface area (Å²) >= 11 is 1.59. The third-order valence-electron chi connectivity index (χ3n) is 5.25. The zero-order valence-corrected chi connectivity index (χ0v) is 15.7. The molecule has 2 aromatic heterocycles. The van der Waals surface area contributed by atoms with Gasteiger partial charge in [-0.25, -0.2) is 9.97 Å². The van der Waals surface area contributed by atoms with Crippen LogP contribution in [0.25, 0.3) is 11.0 Å². The highest BCUT2D eigenvalue weighted by molar-refractivity contribution is 8.04. The summed E-state index contributed by atoms with van der Waals surface area (Å²) in [5.41, 5.74) is 8.02. The van der Waals surface area contributed by atoms with E-state index >= 15 is 0 Å². The van der Waals surface area contributed by atoms with Crippen LogP contribution in [0.5, 0.6) is 0 Å². The second-order valence-electron chi connectivity index (χ2n) is 6.99. The number of hydrogen-bond donors (Lipinski definition) is 3. The van der Waals surface area contributed by atoms with Gasteiger partial charge in [0.2, 0.25) is 0 Å². The van der Waals surface area contributed by atoms with Crippen molar-refractivity contribution in [2.45, 2.75) is 32.2 Å². The molecule has 4 N–H and O–H groups in total. The average Bonchev–Trinajstić information content (AvgIpc) is 3.25. The zero-order chi connectivity index (χ0) is 18.1. The van der Waals surface area contributed by atoms with Crippen LogP contribution in [0.2, 0.25) is 0 Å². The summed E-state index contributed by atoms with van der Waals surface area (Å²) in [7, 11) is 0. The van der Waals surface area contributed by atoms with Gasteiger partial charge in [0, 0.05) is 37.3 Å². The van der Waals surface area contributed by atoms with Gasteiger partial charge in [0.1, 0.15) is 17.8 Å². The van der Waals surface area contributed by atoms with E-state index in [1.807, 2.05) is 19.3 Å². The first-order valence-corrected chi connectivity index (χ1v) is 10.1. The Hall–Kier alpha value is -2.06. The Morgan fingerprint density at radius 3 is 3.15 bits per heavy atom. The number of nitrogens with two attached hydrogens (primary N) is 1. The molecule has 1 amide bonds. The number of thioether (sulfide) groups is 1. The zero-order valence-electron chi connectivity index (χ0n) is 14.9. The van der Waals surface area contributed by atoms with Crippen molar-refractivity contribution in [1.82, 2.24) is 20.3 Å². The van der Waals surface area contributed by atoms with E-state index < -0.39 is 0 Å². The summed E-state index contributed by atoms with van der Waals surface area (Å²) in [6.45, 7) is 3.50. The number of amides is 1. The van der Waals surface area contributed by atoms with Gasteiger partial charge in [0.15, 0.2) is 0 Å². The predicted octanol–water partition coefficient (Wildman–Crippen LogP) is 1.90. The summed E-state index contributed by atoms with van der Waals surface area (Å²) < 4.78 is 0. The Labute approximate surface area is 156 Å². The smallest absolute Gasteiger partial charge is 0.259 e. The highest BCUT2D eigenvalue weighted by atomic mass is 32.2. The highest BCUT2D eigenvalue weighted by Gasteiger charge is 2.26. The van der Waals surface area contributed by atoms with E-state index in [0.717, 1.165) is 58.9 Å². The lowest BCUT2D eigenvalue weighted by Crippen LogP contribution is -2.37. The van der Waals surface area contributed by atoms with E-state index in [1.165, 1.54) is 0 Å². The molecule has 1 aliphatic heterocycles. The molecule has 2 aromatic rings. The molecule has 8 heteroatoms. The maximum atomic E-state index is 12.6. The van der Waals surface area contributed by atoms with Crippen LogP contribution in [-0.2, 0) is 4.79 Å². The Kier molecular flexibility index (Phi) is 4.86. The maximum Gasteiger partial charge on any atom is 0.259 e. The van der Waals surface area contributed by atoms with Gasteiger partial charge in [-0.15, -0.1) is 11.8 Å². The molecule has 3 heterocycles. The monoisotopic (exact) mass is 372 g/mol. The van der Waals surface area contributed by atoms with Gasteiger partial charge in [-0.1, -0.05) is 6.42 Å². The molecule has 7 nitrogen and oxygen atoms in total. The van der Waals surface area contributed by atoms with E-state index in [9.17, 15) is 4.79 Å². The quantitative estimate of drug-likeness (QED) is 0.758. The number of carbonyl (C=O) groups is 1.